The average Bonchev–Trinajstić information content (AvgIpc) is 2.58. The lowest BCUT2D eigenvalue weighted by atomic mass is 9.99. The summed E-state index contributed by atoms with van der Waals surface area (Å²) in [6.45, 7) is 1.91. The molecule has 0 fully saturated rings. The fourth-order valence-corrected chi connectivity index (χ4v) is 2.28. The molecule has 0 aliphatic carbocycles. The van der Waals surface area contributed by atoms with Crippen LogP contribution in [0.3, 0.4) is 0 Å². The van der Waals surface area contributed by atoms with Crippen LogP contribution in [0.5, 0.6) is 11.5 Å². The summed E-state index contributed by atoms with van der Waals surface area (Å²) in [6, 6.07) is 11.0. The summed E-state index contributed by atoms with van der Waals surface area (Å²) in [5, 5.41) is 10.4. The molecule has 0 amide bonds. The zero-order valence-corrected chi connectivity index (χ0v) is 13.4. The van der Waals surface area contributed by atoms with Crippen molar-refractivity contribution in [1.29, 1.82) is 0 Å². The van der Waals surface area contributed by atoms with Crippen molar-refractivity contribution in [3.8, 4) is 35.7 Å². The Morgan fingerprint density at radius 3 is 2.43 bits per heavy atom. The highest BCUT2D eigenvalue weighted by Gasteiger charge is 2.14. The molecule has 0 aliphatic rings. The minimum Gasteiger partial charge on any atom is -0.495 e. The SMILES string of the molecule is C#Cc1c(OC)cc(C)cc1C(O)C#Cc1ccccc1OC. The van der Waals surface area contributed by atoms with Crippen molar-refractivity contribution in [3.05, 3.63) is 58.7 Å². The van der Waals surface area contributed by atoms with Crippen LogP contribution in [0.4, 0.5) is 0 Å². The molecular weight excluding hydrogens is 288 g/mol. The highest BCUT2D eigenvalue weighted by molar-refractivity contribution is 5.55. The van der Waals surface area contributed by atoms with Crippen LogP contribution in [0.2, 0.25) is 0 Å². The van der Waals surface area contributed by atoms with Gasteiger partial charge in [-0.15, -0.1) is 6.42 Å². The number of ether oxygens (including phenoxy) is 2. The molecule has 3 nitrogen and oxygen atoms in total. The fraction of sp³-hybridized carbons (Fsp3) is 0.200. The molecule has 2 aromatic carbocycles. The first-order valence-corrected chi connectivity index (χ1v) is 7.08. The van der Waals surface area contributed by atoms with Gasteiger partial charge in [0, 0.05) is 5.56 Å². The van der Waals surface area contributed by atoms with Gasteiger partial charge in [-0.2, -0.15) is 0 Å². The van der Waals surface area contributed by atoms with E-state index in [9.17, 15) is 5.11 Å². The molecule has 2 rings (SSSR count). The number of para-hydroxylation sites is 1. The maximum atomic E-state index is 10.4. The number of rotatable bonds is 3. The molecule has 1 N–H and O–H groups in total. The Hall–Kier alpha value is -2.88. The van der Waals surface area contributed by atoms with Crippen molar-refractivity contribution in [2.75, 3.05) is 14.2 Å². The second-order valence-corrected chi connectivity index (χ2v) is 4.95. The number of hydrogen-bond donors (Lipinski definition) is 1. The molecule has 0 saturated heterocycles. The van der Waals surface area contributed by atoms with E-state index in [0.29, 0.717) is 28.2 Å². The Balaban J connectivity index is 2.43. The van der Waals surface area contributed by atoms with Crippen molar-refractivity contribution in [2.45, 2.75) is 13.0 Å². The van der Waals surface area contributed by atoms with Gasteiger partial charge in [0.25, 0.3) is 0 Å². The zero-order valence-electron chi connectivity index (χ0n) is 13.4. The Labute approximate surface area is 136 Å². The summed E-state index contributed by atoms with van der Waals surface area (Å²) in [5.41, 5.74) is 2.72. The lowest BCUT2D eigenvalue weighted by Crippen LogP contribution is -2.01. The lowest BCUT2D eigenvalue weighted by molar-refractivity contribution is 0.237. The normalized spacial score (nSPS) is 10.9. The van der Waals surface area contributed by atoms with Gasteiger partial charge in [-0.1, -0.05) is 36.0 Å². The zero-order chi connectivity index (χ0) is 16.8. The molecule has 116 valence electrons. The highest BCUT2D eigenvalue weighted by atomic mass is 16.5. The predicted octanol–water partition coefficient (Wildman–Crippen LogP) is 3.08. The Bertz CT molecular complexity index is 804. The van der Waals surface area contributed by atoms with E-state index in [0.717, 1.165) is 5.56 Å². The van der Waals surface area contributed by atoms with Crippen LogP contribution in [0.1, 0.15) is 28.4 Å². The quantitative estimate of drug-likeness (QED) is 0.886. The van der Waals surface area contributed by atoms with Crippen molar-refractivity contribution < 1.29 is 14.6 Å². The molecule has 0 aromatic heterocycles. The van der Waals surface area contributed by atoms with E-state index in [4.69, 9.17) is 15.9 Å². The molecule has 0 spiro atoms. The molecule has 0 bridgehead atoms. The number of terminal acetylenes is 1. The highest BCUT2D eigenvalue weighted by Crippen LogP contribution is 2.28. The minimum atomic E-state index is -1.01. The van der Waals surface area contributed by atoms with E-state index in [-0.39, 0.29) is 0 Å². The molecule has 0 aliphatic heterocycles. The number of benzene rings is 2. The standard InChI is InChI=1S/C20H18O3/c1-5-16-17(12-14(2)13-20(16)23-4)18(21)11-10-15-8-6-7-9-19(15)22-3/h1,6-9,12-13,18,21H,2-4H3. The van der Waals surface area contributed by atoms with E-state index in [1.165, 1.54) is 0 Å². The lowest BCUT2D eigenvalue weighted by Gasteiger charge is -2.12. The summed E-state index contributed by atoms with van der Waals surface area (Å²) < 4.78 is 10.5. The van der Waals surface area contributed by atoms with E-state index >= 15 is 0 Å². The molecule has 0 heterocycles. The Morgan fingerprint density at radius 1 is 1.09 bits per heavy atom. The van der Waals surface area contributed by atoms with Gasteiger partial charge in [-0.05, 0) is 30.7 Å². The summed E-state index contributed by atoms with van der Waals surface area (Å²) in [4.78, 5) is 0. The third-order valence-corrected chi connectivity index (χ3v) is 3.39. The van der Waals surface area contributed by atoms with E-state index < -0.39 is 6.10 Å². The number of hydrogen-bond acceptors (Lipinski definition) is 3. The van der Waals surface area contributed by atoms with Crippen molar-refractivity contribution >= 4 is 0 Å². The van der Waals surface area contributed by atoms with Crippen LogP contribution < -0.4 is 9.47 Å². The second kappa shape index (κ2) is 7.40. The van der Waals surface area contributed by atoms with E-state index in [1.54, 1.807) is 14.2 Å². The predicted molar refractivity (Wildman–Crippen MR) is 90.5 cm³/mol. The van der Waals surface area contributed by atoms with Gasteiger partial charge in [0.15, 0.2) is 0 Å². The van der Waals surface area contributed by atoms with Crippen molar-refractivity contribution in [2.24, 2.45) is 0 Å². The van der Waals surface area contributed by atoms with Gasteiger partial charge < -0.3 is 14.6 Å². The van der Waals surface area contributed by atoms with Crippen molar-refractivity contribution in [1.82, 2.24) is 0 Å². The molecule has 2 aromatic rings. The first-order valence-electron chi connectivity index (χ1n) is 7.08. The van der Waals surface area contributed by atoms with Crippen LogP contribution in [-0.4, -0.2) is 19.3 Å². The van der Waals surface area contributed by atoms with Gasteiger partial charge in [0.1, 0.15) is 17.6 Å². The summed E-state index contributed by atoms with van der Waals surface area (Å²) >= 11 is 0. The number of methoxy groups -OCH3 is 2. The van der Waals surface area contributed by atoms with Crippen LogP contribution in [0.25, 0.3) is 0 Å². The van der Waals surface area contributed by atoms with Gasteiger partial charge in [-0.25, -0.2) is 0 Å². The van der Waals surface area contributed by atoms with Crippen LogP contribution >= 0.6 is 0 Å². The molecule has 3 heteroatoms. The molecule has 0 radical (unpaired) electrons. The molecular formula is C20H18O3. The Morgan fingerprint density at radius 2 is 1.78 bits per heavy atom. The minimum absolute atomic E-state index is 0.514. The monoisotopic (exact) mass is 306 g/mol. The van der Waals surface area contributed by atoms with Crippen LogP contribution in [0, 0.1) is 31.1 Å². The van der Waals surface area contributed by atoms with Gasteiger partial charge in [0.2, 0.25) is 0 Å². The summed E-state index contributed by atoms with van der Waals surface area (Å²) in [6.07, 6.45) is 4.54. The third kappa shape index (κ3) is 3.66. The summed E-state index contributed by atoms with van der Waals surface area (Å²) in [5.74, 6) is 9.54. The van der Waals surface area contributed by atoms with Gasteiger partial charge >= 0.3 is 0 Å². The molecule has 1 atom stereocenters. The molecule has 0 saturated carbocycles. The van der Waals surface area contributed by atoms with Gasteiger partial charge in [0.05, 0.1) is 25.3 Å². The fourth-order valence-electron chi connectivity index (χ4n) is 2.28. The average molecular weight is 306 g/mol. The first kappa shape index (κ1) is 16.5. The van der Waals surface area contributed by atoms with Crippen LogP contribution in [-0.2, 0) is 0 Å². The third-order valence-electron chi connectivity index (χ3n) is 3.39. The molecule has 1 unspecified atom stereocenters. The first-order chi connectivity index (χ1) is 11.1. The maximum absolute atomic E-state index is 10.4. The second-order valence-electron chi connectivity index (χ2n) is 4.95. The molecule has 23 heavy (non-hydrogen) atoms. The van der Waals surface area contributed by atoms with E-state index in [2.05, 4.69) is 17.8 Å². The largest absolute Gasteiger partial charge is 0.495 e. The number of aryl methyl sites for hydroxylation is 1. The summed E-state index contributed by atoms with van der Waals surface area (Å²) in [7, 11) is 3.13. The number of aliphatic hydroxyl groups is 1. The topological polar surface area (TPSA) is 38.7 Å². The van der Waals surface area contributed by atoms with E-state index in [1.807, 2.05) is 43.3 Å². The van der Waals surface area contributed by atoms with Gasteiger partial charge in [-0.3, -0.25) is 0 Å². The maximum Gasteiger partial charge on any atom is 0.141 e. The number of aliphatic hydroxyl groups excluding tert-OH is 1. The van der Waals surface area contributed by atoms with Crippen LogP contribution in [0.15, 0.2) is 36.4 Å². The Kier molecular flexibility index (Phi) is 5.31. The smallest absolute Gasteiger partial charge is 0.141 e. The van der Waals surface area contributed by atoms with Crippen molar-refractivity contribution in [3.63, 3.8) is 0 Å².